The van der Waals surface area contributed by atoms with E-state index < -0.39 is 0 Å². The van der Waals surface area contributed by atoms with Crippen molar-refractivity contribution in [3.05, 3.63) is 35.4 Å². The molecule has 1 amide bonds. The van der Waals surface area contributed by atoms with Gasteiger partial charge in [0.1, 0.15) is 0 Å². The molecular formula is C14H20N2O2. The maximum atomic E-state index is 12.1. The van der Waals surface area contributed by atoms with Gasteiger partial charge in [-0.25, -0.2) is 0 Å². The summed E-state index contributed by atoms with van der Waals surface area (Å²) in [5.41, 5.74) is 1.93. The van der Waals surface area contributed by atoms with E-state index in [1.54, 1.807) is 4.90 Å². The van der Waals surface area contributed by atoms with Crippen LogP contribution >= 0.6 is 0 Å². The molecule has 1 heterocycles. The molecule has 0 radical (unpaired) electrons. The summed E-state index contributed by atoms with van der Waals surface area (Å²) in [5, 5.41) is 8.93. The van der Waals surface area contributed by atoms with Gasteiger partial charge < -0.3 is 14.9 Å². The van der Waals surface area contributed by atoms with Gasteiger partial charge in [0.15, 0.2) is 0 Å². The molecule has 1 aromatic carbocycles. The van der Waals surface area contributed by atoms with Crippen molar-refractivity contribution in [1.29, 1.82) is 0 Å². The van der Waals surface area contributed by atoms with Crippen LogP contribution in [0.1, 0.15) is 15.9 Å². The molecule has 0 aliphatic carbocycles. The molecule has 18 heavy (non-hydrogen) atoms. The maximum Gasteiger partial charge on any atom is 0.253 e. The van der Waals surface area contributed by atoms with E-state index in [9.17, 15) is 4.79 Å². The number of aliphatic hydroxyl groups is 1. The zero-order valence-corrected chi connectivity index (χ0v) is 11.0. The fraction of sp³-hybridized carbons (Fsp3) is 0.500. The second-order valence-electron chi connectivity index (χ2n) is 5.19. The molecule has 1 fully saturated rings. The van der Waals surface area contributed by atoms with Crippen LogP contribution in [-0.4, -0.2) is 54.6 Å². The zero-order valence-electron chi connectivity index (χ0n) is 11.0. The number of carbonyl (C=O) groups excluding carboxylic acids is 1. The van der Waals surface area contributed by atoms with Gasteiger partial charge in [-0.1, -0.05) is 12.1 Å². The van der Waals surface area contributed by atoms with Crippen molar-refractivity contribution in [2.24, 2.45) is 5.92 Å². The monoisotopic (exact) mass is 248 g/mol. The molecular weight excluding hydrogens is 228 g/mol. The van der Waals surface area contributed by atoms with Gasteiger partial charge >= 0.3 is 0 Å². The summed E-state index contributed by atoms with van der Waals surface area (Å²) in [5.74, 6) is 0.332. The smallest absolute Gasteiger partial charge is 0.253 e. The molecule has 0 aromatic heterocycles. The predicted molar refractivity (Wildman–Crippen MR) is 70.3 cm³/mol. The van der Waals surface area contributed by atoms with E-state index in [0.717, 1.165) is 12.1 Å². The van der Waals surface area contributed by atoms with Crippen LogP contribution in [-0.2, 0) is 6.54 Å². The summed E-state index contributed by atoms with van der Waals surface area (Å²) >= 11 is 0. The van der Waals surface area contributed by atoms with Crippen molar-refractivity contribution in [2.75, 3.05) is 33.8 Å². The lowest BCUT2D eigenvalue weighted by molar-refractivity contribution is 0.0362. The quantitative estimate of drug-likeness (QED) is 0.857. The third-order valence-electron chi connectivity index (χ3n) is 3.20. The highest BCUT2D eigenvalue weighted by Crippen LogP contribution is 2.18. The molecule has 1 aliphatic rings. The second kappa shape index (κ2) is 5.50. The fourth-order valence-corrected chi connectivity index (χ4v) is 2.15. The fourth-order valence-electron chi connectivity index (χ4n) is 2.15. The summed E-state index contributed by atoms with van der Waals surface area (Å²) < 4.78 is 0. The van der Waals surface area contributed by atoms with Gasteiger partial charge in [-0.2, -0.15) is 0 Å². The Balaban J connectivity index is 1.95. The SMILES string of the molecule is CN(C)Cc1ccc(C(=O)N2CC(CO)C2)cc1. The lowest BCUT2D eigenvalue weighted by Gasteiger charge is -2.38. The lowest BCUT2D eigenvalue weighted by atomic mass is 9.99. The Bertz CT molecular complexity index is 408. The Morgan fingerprint density at radius 3 is 2.44 bits per heavy atom. The van der Waals surface area contributed by atoms with Gasteiger partial charge in [0.25, 0.3) is 5.91 Å². The van der Waals surface area contributed by atoms with E-state index >= 15 is 0 Å². The van der Waals surface area contributed by atoms with Crippen molar-refractivity contribution in [1.82, 2.24) is 9.80 Å². The number of hydrogen-bond acceptors (Lipinski definition) is 3. The maximum absolute atomic E-state index is 12.1. The van der Waals surface area contributed by atoms with Gasteiger partial charge in [0, 0.05) is 37.7 Å². The summed E-state index contributed by atoms with van der Waals surface area (Å²) in [6.45, 7) is 2.40. The molecule has 1 N–H and O–H groups in total. The Morgan fingerprint density at radius 1 is 1.33 bits per heavy atom. The van der Waals surface area contributed by atoms with Crippen molar-refractivity contribution < 1.29 is 9.90 Å². The van der Waals surface area contributed by atoms with Crippen molar-refractivity contribution in [3.63, 3.8) is 0 Å². The number of likely N-dealkylation sites (tertiary alicyclic amines) is 1. The molecule has 0 spiro atoms. The van der Waals surface area contributed by atoms with E-state index in [2.05, 4.69) is 4.90 Å². The van der Waals surface area contributed by atoms with Crippen LogP contribution in [0.5, 0.6) is 0 Å². The molecule has 0 bridgehead atoms. The van der Waals surface area contributed by atoms with Gasteiger partial charge in [0.2, 0.25) is 0 Å². The van der Waals surface area contributed by atoms with E-state index in [0.29, 0.717) is 13.1 Å². The predicted octanol–water partition coefficient (Wildman–Crippen LogP) is 0.812. The third kappa shape index (κ3) is 2.89. The molecule has 0 saturated carbocycles. The Labute approximate surface area is 108 Å². The van der Waals surface area contributed by atoms with E-state index in [1.165, 1.54) is 5.56 Å². The summed E-state index contributed by atoms with van der Waals surface area (Å²) in [7, 11) is 4.04. The number of aliphatic hydroxyl groups excluding tert-OH is 1. The topological polar surface area (TPSA) is 43.8 Å². The first-order valence-electron chi connectivity index (χ1n) is 6.24. The summed E-state index contributed by atoms with van der Waals surface area (Å²) in [4.78, 5) is 15.9. The second-order valence-corrected chi connectivity index (χ2v) is 5.19. The highest BCUT2D eigenvalue weighted by Gasteiger charge is 2.30. The minimum absolute atomic E-state index is 0.0658. The normalized spacial score (nSPS) is 15.9. The van der Waals surface area contributed by atoms with Crippen molar-refractivity contribution in [2.45, 2.75) is 6.54 Å². The molecule has 2 rings (SSSR count). The Kier molecular flexibility index (Phi) is 3.99. The van der Waals surface area contributed by atoms with Gasteiger partial charge in [-0.15, -0.1) is 0 Å². The van der Waals surface area contributed by atoms with Gasteiger partial charge in [0.05, 0.1) is 0 Å². The highest BCUT2D eigenvalue weighted by atomic mass is 16.3. The third-order valence-corrected chi connectivity index (χ3v) is 3.20. The average Bonchev–Trinajstić information content (AvgIpc) is 2.27. The summed E-state index contributed by atoms with van der Waals surface area (Å²) in [6, 6.07) is 7.76. The molecule has 1 aliphatic heterocycles. The molecule has 0 atom stereocenters. The van der Waals surface area contributed by atoms with Crippen LogP contribution < -0.4 is 0 Å². The molecule has 4 heteroatoms. The van der Waals surface area contributed by atoms with Crippen LogP contribution in [0.2, 0.25) is 0 Å². The van der Waals surface area contributed by atoms with E-state index in [-0.39, 0.29) is 18.4 Å². The van der Waals surface area contributed by atoms with Gasteiger partial charge in [-0.3, -0.25) is 4.79 Å². The van der Waals surface area contributed by atoms with E-state index in [4.69, 9.17) is 5.11 Å². The average molecular weight is 248 g/mol. The Hall–Kier alpha value is -1.39. The van der Waals surface area contributed by atoms with Crippen molar-refractivity contribution >= 4 is 5.91 Å². The number of amides is 1. The van der Waals surface area contributed by atoms with Crippen LogP contribution in [0.25, 0.3) is 0 Å². The first kappa shape index (κ1) is 13.1. The highest BCUT2D eigenvalue weighted by molar-refractivity contribution is 5.94. The standard InChI is InChI=1S/C14H20N2O2/c1-15(2)7-11-3-5-13(6-4-11)14(18)16-8-12(9-16)10-17/h3-6,12,17H,7-10H2,1-2H3. The number of rotatable bonds is 4. The zero-order chi connectivity index (χ0) is 13.1. The summed E-state index contributed by atoms with van der Waals surface area (Å²) in [6.07, 6.45) is 0. The molecule has 0 unspecified atom stereocenters. The molecule has 1 aromatic rings. The van der Waals surface area contributed by atoms with Crippen LogP contribution in [0.4, 0.5) is 0 Å². The lowest BCUT2D eigenvalue weighted by Crippen LogP contribution is -2.51. The molecule has 98 valence electrons. The number of nitrogens with zero attached hydrogens (tertiary/aromatic N) is 2. The molecule has 1 saturated heterocycles. The van der Waals surface area contributed by atoms with Crippen LogP contribution in [0, 0.1) is 5.92 Å². The van der Waals surface area contributed by atoms with Crippen LogP contribution in [0.3, 0.4) is 0 Å². The van der Waals surface area contributed by atoms with Crippen molar-refractivity contribution in [3.8, 4) is 0 Å². The first-order valence-corrected chi connectivity index (χ1v) is 6.24. The number of hydrogen-bond donors (Lipinski definition) is 1. The minimum atomic E-state index is 0.0658. The largest absolute Gasteiger partial charge is 0.396 e. The first-order chi connectivity index (χ1) is 8.60. The molecule has 4 nitrogen and oxygen atoms in total. The minimum Gasteiger partial charge on any atom is -0.396 e. The Morgan fingerprint density at radius 2 is 1.94 bits per heavy atom. The van der Waals surface area contributed by atoms with E-state index in [1.807, 2.05) is 38.4 Å². The van der Waals surface area contributed by atoms with Crippen LogP contribution in [0.15, 0.2) is 24.3 Å². The number of carbonyl (C=O) groups is 1. The number of benzene rings is 1. The van der Waals surface area contributed by atoms with Gasteiger partial charge in [-0.05, 0) is 31.8 Å².